The van der Waals surface area contributed by atoms with Crippen molar-refractivity contribution in [1.29, 1.82) is 0 Å². The lowest BCUT2D eigenvalue weighted by Crippen LogP contribution is -2.56. The molecular weight excluding hydrogens is 535 g/mol. The molecule has 0 aliphatic rings. The molecular formula is C29H38BrN2O3P+2. The van der Waals surface area contributed by atoms with Gasteiger partial charge in [0.1, 0.15) is 28.8 Å². The molecule has 2 amide bonds. The van der Waals surface area contributed by atoms with E-state index in [-0.39, 0.29) is 28.0 Å². The van der Waals surface area contributed by atoms with Crippen LogP contribution >= 0.6 is 24.2 Å². The van der Waals surface area contributed by atoms with Crippen molar-refractivity contribution in [1.82, 2.24) is 0 Å². The number of hydrogen-bond acceptors (Lipinski definition) is 3. The number of benzene rings is 3. The molecule has 0 saturated carbocycles. The summed E-state index contributed by atoms with van der Waals surface area (Å²) >= 11 is 0. The second kappa shape index (κ2) is 12.6. The fourth-order valence-corrected chi connectivity index (χ4v) is 8.82. The third-order valence-corrected chi connectivity index (χ3v) is 10.6. The minimum atomic E-state index is -2.02. The number of halogens is 1. The first kappa shape index (κ1) is 29.7. The van der Waals surface area contributed by atoms with Crippen LogP contribution in [0.4, 0.5) is 4.79 Å². The molecule has 0 radical (unpaired) electrons. The maximum absolute atomic E-state index is 13.1. The van der Waals surface area contributed by atoms with Crippen molar-refractivity contribution in [3.8, 4) is 0 Å². The molecule has 1 unspecified atom stereocenters. The van der Waals surface area contributed by atoms with E-state index in [0.29, 0.717) is 6.54 Å². The topological polar surface area (TPSA) is 69.4 Å². The van der Waals surface area contributed by atoms with Gasteiger partial charge in [0.2, 0.25) is 0 Å². The Bertz CT molecular complexity index is 1020. The average Bonchev–Trinajstić information content (AvgIpc) is 2.82. The zero-order valence-corrected chi connectivity index (χ0v) is 24.2. The summed E-state index contributed by atoms with van der Waals surface area (Å²) in [6.07, 6.45) is 1.13. The maximum Gasteiger partial charge on any atom is 0.516 e. The van der Waals surface area contributed by atoms with Gasteiger partial charge in [-0.1, -0.05) is 54.6 Å². The van der Waals surface area contributed by atoms with E-state index >= 15 is 0 Å². The van der Waals surface area contributed by atoms with Gasteiger partial charge in [-0.2, -0.15) is 4.79 Å². The highest BCUT2D eigenvalue weighted by Crippen LogP contribution is 2.55. The van der Waals surface area contributed by atoms with Crippen LogP contribution < -0.4 is 21.6 Å². The monoisotopic (exact) mass is 572 g/mol. The molecule has 7 heteroatoms. The molecule has 0 spiro atoms. The second-order valence-electron chi connectivity index (χ2n) is 10.1. The Morgan fingerprint density at radius 2 is 1.19 bits per heavy atom. The maximum atomic E-state index is 13.1. The lowest BCUT2D eigenvalue weighted by Gasteiger charge is -2.33. The number of primary amides is 1. The quantitative estimate of drug-likeness (QED) is 0.295. The van der Waals surface area contributed by atoms with Gasteiger partial charge in [0.25, 0.3) is 5.91 Å². The molecule has 0 aliphatic carbocycles. The zero-order chi connectivity index (χ0) is 25.5. The number of likely N-dealkylation sites (N-methyl/N-ethyl adjacent to an activating group) is 1. The number of rotatable bonds is 9. The first-order valence-electron chi connectivity index (χ1n) is 12.0. The summed E-state index contributed by atoms with van der Waals surface area (Å²) in [5.41, 5.74) is 4.91. The molecule has 0 bridgehead atoms. The van der Waals surface area contributed by atoms with Crippen LogP contribution in [0, 0.1) is 0 Å². The molecule has 5 nitrogen and oxygen atoms in total. The van der Waals surface area contributed by atoms with E-state index < -0.39 is 24.9 Å². The lowest BCUT2D eigenvalue weighted by molar-refractivity contribution is -0.830. The van der Waals surface area contributed by atoms with E-state index in [1.807, 2.05) is 39.0 Å². The summed E-state index contributed by atoms with van der Waals surface area (Å²) in [5.74, 6) is -0.520. The van der Waals surface area contributed by atoms with Crippen LogP contribution in [0.5, 0.6) is 0 Å². The molecule has 0 aromatic heterocycles. The van der Waals surface area contributed by atoms with Crippen LogP contribution in [0.25, 0.3) is 0 Å². The molecule has 36 heavy (non-hydrogen) atoms. The smallest absolute Gasteiger partial charge is 0.414 e. The summed E-state index contributed by atoms with van der Waals surface area (Å²) in [6.45, 7) is 5.84. The SMILES string of the molecule is Br.CC(C)(C)OC(=O)[N+](C)(CCC[P+](c1ccccc1)(c1ccccc1)c1ccccc1)CC(N)=O. The number of carbonyl (C=O) groups excluding carboxylic acids is 2. The number of nitrogens with zero attached hydrogens (tertiary/aromatic N) is 1. The summed E-state index contributed by atoms with van der Waals surface area (Å²) in [7, 11) is -0.280. The van der Waals surface area contributed by atoms with Gasteiger partial charge in [-0.3, -0.25) is 4.79 Å². The summed E-state index contributed by atoms with van der Waals surface area (Å²) in [4.78, 5) is 25.0. The number of ether oxygens (including phenoxy) is 1. The van der Waals surface area contributed by atoms with Gasteiger partial charge in [0.05, 0.1) is 19.8 Å². The van der Waals surface area contributed by atoms with Crippen LogP contribution in [0.1, 0.15) is 27.2 Å². The van der Waals surface area contributed by atoms with E-state index in [9.17, 15) is 9.59 Å². The lowest BCUT2D eigenvalue weighted by atomic mass is 10.2. The number of nitrogens with two attached hydrogens (primary N) is 1. The van der Waals surface area contributed by atoms with Crippen molar-refractivity contribution >= 4 is 52.2 Å². The van der Waals surface area contributed by atoms with Gasteiger partial charge in [-0.05, 0) is 57.2 Å². The number of hydrogen-bond donors (Lipinski definition) is 1. The summed E-state index contributed by atoms with van der Waals surface area (Å²) in [5, 5.41) is 3.87. The molecule has 0 aliphatic heterocycles. The van der Waals surface area contributed by atoms with E-state index in [2.05, 4.69) is 72.8 Å². The van der Waals surface area contributed by atoms with E-state index in [0.717, 1.165) is 12.6 Å². The molecule has 2 N–H and O–H groups in total. The first-order chi connectivity index (χ1) is 16.6. The van der Waals surface area contributed by atoms with Crippen LogP contribution in [0.15, 0.2) is 91.0 Å². The second-order valence-corrected chi connectivity index (χ2v) is 13.7. The van der Waals surface area contributed by atoms with Crippen molar-refractivity contribution in [2.75, 3.05) is 26.3 Å². The third-order valence-electron chi connectivity index (χ3n) is 6.08. The van der Waals surface area contributed by atoms with Gasteiger partial charge in [0.15, 0.2) is 6.54 Å². The van der Waals surface area contributed by atoms with Crippen LogP contribution in [-0.2, 0) is 9.53 Å². The van der Waals surface area contributed by atoms with Gasteiger partial charge >= 0.3 is 6.09 Å². The van der Waals surface area contributed by atoms with Crippen LogP contribution in [0.2, 0.25) is 0 Å². The van der Waals surface area contributed by atoms with Crippen LogP contribution in [-0.4, -0.2) is 48.4 Å². The van der Waals surface area contributed by atoms with Crippen molar-refractivity contribution in [3.63, 3.8) is 0 Å². The van der Waals surface area contributed by atoms with Crippen molar-refractivity contribution in [2.24, 2.45) is 5.73 Å². The Labute approximate surface area is 226 Å². The fraction of sp³-hybridized carbons (Fsp3) is 0.310. The Morgan fingerprint density at radius 3 is 1.53 bits per heavy atom. The molecule has 3 aromatic rings. The third kappa shape index (κ3) is 7.25. The minimum Gasteiger partial charge on any atom is -0.414 e. The van der Waals surface area contributed by atoms with Gasteiger partial charge in [-0.25, -0.2) is 4.48 Å². The van der Waals surface area contributed by atoms with Gasteiger partial charge in [0, 0.05) is 6.42 Å². The molecule has 0 heterocycles. The highest BCUT2D eigenvalue weighted by molar-refractivity contribution is 8.93. The zero-order valence-electron chi connectivity index (χ0n) is 21.6. The average molecular weight is 574 g/mol. The molecule has 0 fully saturated rings. The van der Waals surface area contributed by atoms with Crippen LogP contribution in [0.3, 0.4) is 0 Å². The molecule has 0 saturated heterocycles. The molecule has 192 valence electrons. The summed E-state index contributed by atoms with van der Waals surface area (Å²) < 4.78 is 5.50. The predicted octanol–water partition coefficient (Wildman–Crippen LogP) is 4.82. The Balaban J connectivity index is 0.00000456. The Hall–Kier alpha value is -2.53. The minimum absolute atomic E-state index is 0. The number of quaternary nitrogens is 1. The first-order valence-corrected chi connectivity index (χ1v) is 14.0. The largest absolute Gasteiger partial charge is 0.516 e. The van der Waals surface area contributed by atoms with E-state index in [1.54, 1.807) is 7.05 Å². The molecule has 3 rings (SSSR count). The van der Waals surface area contributed by atoms with E-state index in [4.69, 9.17) is 10.5 Å². The Morgan fingerprint density at radius 1 is 0.806 bits per heavy atom. The van der Waals surface area contributed by atoms with Crippen molar-refractivity contribution < 1.29 is 18.8 Å². The molecule has 3 aromatic carbocycles. The summed E-state index contributed by atoms with van der Waals surface area (Å²) in [6, 6.07) is 31.9. The van der Waals surface area contributed by atoms with Crippen molar-refractivity contribution in [3.05, 3.63) is 91.0 Å². The van der Waals surface area contributed by atoms with Gasteiger partial charge in [-0.15, -0.1) is 17.0 Å². The van der Waals surface area contributed by atoms with E-state index in [1.165, 1.54) is 15.9 Å². The normalized spacial score (nSPS) is 13.2. The van der Waals surface area contributed by atoms with Gasteiger partial charge < -0.3 is 10.5 Å². The number of amides is 2. The highest BCUT2D eigenvalue weighted by Gasteiger charge is 2.46. The highest BCUT2D eigenvalue weighted by atomic mass is 79.9. The fourth-order valence-electron chi connectivity index (χ4n) is 4.49. The standard InChI is InChI=1S/C29H36N2O3P.BrH/c1-29(2,3)34-28(33)31(4,23-27(30)32)21-14-22-35(24-15-8-5-9-16-24,25-17-10-6-11-18-25)26-19-12-7-13-20-26;/h5-13,15-20H,14,21-23H2,1-4H3,(H-,30,32);1H/q+1;/p+1. The Kier molecular flexibility index (Phi) is 10.4. The predicted molar refractivity (Wildman–Crippen MR) is 156 cm³/mol. The molecule has 1 atom stereocenters. The number of carbonyl (C=O) groups is 2. The van der Waals surface area contributed by atoms with Crippen molar-refractivity contribution in [2.45, 2.75) is 32.8 Å².